The molecule has 0 radical (unpaired) electrons. The van der Waals surface area contributed by atoms with Gasteiger partial charge in [0.05, 0.1) is 31.8 Å². The zero-order chi connectivity index (χ0) is 20.1. The minimum atomic E-state index is -0.251. The fourth-order valence-electron chi connectivity index (χ4n) is 2.73. The third-order valence-electron chi connectivity index (χ3n) is 4.32. The molecule has 0 spiro atoms. The first-order chi connectivity index (χ1) is 13.5. The highest BCUT2D eigenvalue weighted by atomic mass is 16.5. The van der Waals surface area contributed by atoms with Gasteiger partial charge in [0, 0.05) is 11.8 Å². The highest BCUT2D eigenvalue weighted by Crippen LogP contribution is 2.31. The van der Waals surface area contributed by atoms with Crippen LogP contribution in [0.3, 0.4) is 0 Å². The predicted molar refractivity (Wildman–Crippen MR) is 111 cm³/mol. The summed E-state index contributed by atoms with van der Waals surface area (Å²) in [5.41, 5.74) is 4.69. The van der Waals surface area contributed by atoms with Crippen LogP contribution in [0.2, 0.25) is 0 Å². The average Bonchev–Trinajstić information content (AvgIpc) is 2.71. The second kappa shape index (κ2) is 8.43. The summed E-state index contributed by atoms with van der Waals surface area (Å²) in [7, 11) is 3.21. The van der Waals surface area contributed by atoms with Gasteiger partial charge in [-0.25, -0.2) is 4.98 Å². The zero-order valence-corrected chi connectivity index (χ0v) is 16.4. The summed E-state index contributed by atoms with van der Waals surface area (Å²) in [5, 5.41) is 6.14. The summed E-state index contributed by atoms with van der Waals surface area (Å²) in [6.45, 7) is 3.94. The van der Waals surface area contributed by atoms with Crippen LogP contribution in [0, 0.1) is 13.8 Å². The first-order valence-electron chi connectivity index (χ1n) is 8.84. The first-order valence-corrected chi connectivity index (χ1v) is 8.84. The van der Waals surface area contributed by atoms with E-state index >= 15 is 0 Å². The average molecular weight is 377 g/mol. The largest absolute Gasteiger partial charge is 0.497 e. The summed E-state index contributed by atoms with van der Waals surface area (Å²) in [6, 6.07) is 14.9. The SMILES string of the molecule is COc1ccc(OC)c(Nc2ccc(C(=O)Nc3cc(C)ccc3C)nc2)c1. The fourth-order valence-corrected chi connectivity index (χ4v) is 2.73. The van der Waals surface area contributed by atoms with Crippen molar-refractivity contribution in [2.24, 2.45) is 0 Å². The van der Waals surface area contributed by atoms with Gasteiger partial charge in [-0.15, -0.1) is 0 Å². The van der Waals surface area contributed by atoms with Crippen LogP contribution in [0.5, 0.6) is 11.5 Å². The number of nitrogens with one attached hydrogen (secondary N) is 2. The number of pyridine rings is 1. The topological polar surface area (TPSA) is 72.5 Å². The molecule has 3 rings (SSSR count). The molecule has 1 amide bonds. The number of carbonyl (C=O) groups excluding carboxylic acids is 1. The van der Waals surface area contributed by atoms with Crippen molar-refractivity contribution >= 4 is 23.0 Å². The Morgan fingerprint density at radius 1 is 0.929 bits per heavy atom. The van der Waals surface area contributed by atoms with Gasteiger partial charge < -0.3 is 20.1 Å². The van der Waals surface area contributed by atoms with E-state index in [4.69, 9.17) is 9.47 Å². The molecule has 2 N–H and O–H groups in total. The van der Waals surface area contributed by atoms with Gasteiger partial charge in [-0.1, -0.05) is 12.1 Å². The molecule has 28 heavy (non-hydrogen) atoms. The lowest BCUT2D eigenvalue weighted by molar-refractivity contribution is 0.102. The van der Waals surface area contributed by atoms with Crippen LogP contribution in [0.1, 0.15) is 21.6 Å². The molecule has 1 aromatic heterocycles. The van der Waals surface area contributed by atoms with E-state index in [1.54, 1.807) is 32.5 Å². The van der Waals surface area contributed by atoms with Crippen molar-refractivity contribution in [2.75, 3.05) is 24.9 Å². The zero-order valence-electron chi connectivity index (χ0n) is 16.4. The van der Waals surface area contributed by atoms with Crippen molar-refractivity contribution in [1.82, 2.24) is 4.98 Å². The van der Waals surface area contributed by atoms with E-state index in [1.165, 1.54) is 0 Å². The van der Waals surface area contributed by atoms with Gasteiger partial charge in [-0.05, 0) is 55.3 Å². The first kappa shape index (κ1) is 19.2. The summed E-state index contributed by atoms with van der Waals surface area (Å²) in [6.07, 6.45) is 1.61. The number of ether oxygens (including phenoxy) is 2. The van der Waals surface area contributed by atoms with Crippen molar-refractivity contribution in [3.63, 3.8) is 0 Å². The maximum Gasteiger partial charge on any atom is 0.274 e. The number of nitrogens with zero attached hydrogens (tertiary/aromatic N) is 1. The molecule has 0 saturated carbocycles. The summed E-state index contributed by atoms with van der Waals surface area (Å²) >= 11 is 0. The normalized spacial score (nSPS) is 10.3. The van der Waals surface area contributed by atoms with Crippen LogP contribution in [0.15, 0.2) is 54.7 Å². The lowest BCUT2D eigenvalue weighted by atomic mass is 10.1. The molecule has 2 aromatic carbocycles. The van der Waals surface area contributed by atoms with Crippen LogP contribution < -0.4 is 20.1 Å². The molecular formula is C22H23N3O3. The maximum atomic E-state index is 12.5. The predicted octanol–water partition coefficient (Wildman–Crippen LogP) is 4.71. The van der Waals surface area contributed by atoms with Gasteiger partial charge in [0.15, 0.2) is 0 Å². The number of hydrogen-bond donors (Lipinski definition) is 2. The Kier molecular flexibility index (Phi) is 5.79. The molecule has 0 unspecified atom stereocenters. The number of methoxy groups -OCH3 is 2. The smallest absolute Gasteiger partial charge is 0.274 e. The van der Waals surface area contributed by atoms with Gasteiger partial charge in [0.1, 0.15) is 17.2 Å². The van der Waals surface area contributed by atoms with Crippen LogP contribution in [0.25, 0.3) is 0 Å². The van der Waals surface area contributed by atoms with E-state index in [0.717, 1.165) is 28.2 Å². The molecular weight excluding hydrogens is 354 g/mol. The Bertz CT molecular complexity index is 985. The minimum absolute atomic E-state index is 0.251. The Morgan fingerprint density at radius 3 is 2.43 bits per heavy atom. The van der Waals surface area contributed by atoms with E-state index in [1.807, 2.05) is 50.2 Å². The molecule has 3 aromatic rings. The van der Waals surface area contributed by atoms with E-state index in [2.05, 4.69) is 15.6 Å². The van der Waals surface area contributed by atoms with Crippen LogP contribution in [-0.2, 0) is 0 Å². The molecule has 0 saturated heterocycles. The molecule has 1 heterocycles. The van der Waals surface area contributed by atoms with Crippen molar-refractivity contribution in [1.29, 1.82) is 0 Å². The summed E-state index contributed by atoms with van der Waals surface area (Å²) < 4.78 is 10.6. The Labute approximate surface area is 164 Å². The van der Waals surface area contributed by atoms with Gasteiger partial charge in [-0.2, -0.15) is 0 Å². The molecule has 6 nitrogen and oxygen atoms in total. The fraction of sp³-hybridized carbons (Fsp3) is 0.182. The Hall–Kier alpha value is -3.54. The number of hydrogen-bond acceptors (Lipinski definition) is 5. The highest BCUT2D eigenvalue weighted by Gasteiger charge is 2.11. The van der Waals surface area contributed by atoms with Crippen molar-refractivity contribution in [2.45, 2.75) is 13.8 Å². The summed E-state index contributed by atoms with van der Waals surface area (Å²) in [4.78, 5) is 16.8. The van der Waals surface area contributed by atoms with Crippen LogP contribution in [-0.4, -0.2) is 25.1 Å². The number of benzene rings is 2. The number of anilines is 3. The van der Waals surface area contributed by atoms with Gasteiger partial charge in [0.2, 0.25) is 0 Å². The van der Waals surface area contributed by atoms with E-state index < -0.39 is 0 Å². The van der Waals surface area contributed by atoms with Crippen LogP contribution >= 0.6 is 0 Å². The van der Waals surface area contributed by atoms with Gasteiger partial charge in [-0.3, -0.25) is 4.79 Å². The van der Waals surface area contributed by atoms with Gasteiger partial charge in [0.25, 0.3) is 5.91 Å². The molecule has 0 aliphatic carbocycles. The molecule has 0 aliphatic heterocycles. The number of amides is 1. The third-order valence-corrected chi connectivity index (χ3v) is 4.32. The third kappa shape index (κ3) is 4.40. The standard InChI is InChI=1S/C22H23N3O3/c1-14-5-6-15(2)19(11-14)25-22(26)18-9-7-16(13-23-18)24-20-12-17(27-3)8-10-21(20)28-4/h5-13,24H,1-4H3,(H,25,26). The number of aryl methyl sites for hydroxylation is 2. The van der Waals surface area contributed by atoms with Crippen molar-refractivity contribution < 1.29 is 14.3 Å². The van der Waals surface area contributed by atoms with E-state index in [0.29, 0.717) is 17.2 Å². The van der Waals surface area contributed by atoms with Gasteiger partial charge >= 0.3 is 0 Å². The van der Waals surface area contributed by atoms with Crippen molar-refractivity contribution in [3.05, 3.63) is 71.5 Å². The highest BCUT2D eigenvalue weighted by molar-refractivity contribution is 6.03. The number of aromatic nitrogens is 1. The van der Waals surface area contributed by atoms with Crippen LogP contribution in [0.4, 0.5) is 17.1 Å². The Morgan fingerprint density at radius 2 is 1.75 bits per heavy atom. The van der Waals surface area contributed by atoms with E-state index in [9.17, 15) is 4.79 Å². The molecule has 0 fully saturated rings. The second-order valence-corrected chi connectivity index (χ2v) is 6.40. The molecule has 144 valence electrons. The molecule has 0 aliphatic rings. The quantitative estimate of drug-likeness (QED) is 0.651. The minimum Gasteiger partial charge on any atom is -0.497 e. The monoisotopic (exact) mass is 377 g/mol. The lowest BCUT2D eigenvalue weighted by Gasteiger charge is -2.13. The van der Waals surface area contributed by atoms with Crippen molar-refractivity contribution in [3.8, 4) is 11.5 Å². The van der Waals surface area contributed by atoms with E-state index in [-0.39, 0.29) is 5.91 Å². The number of rotatable bonds is 6. The number of carbonyl (C=O) groups is 1. The second-order valence-electron chi connectivity index (χ2n) is 6.40. The molecule has 6 heteroatoms. The Balaban J connectivity index is 1.75. The molecule has 0 atom stereocenters. The lowest BCUT2D eigenvalue weighted by Crippen LogP contribution is -2.14. The molecule has 0 bridgehead atoms. The summed E-state index contributed by atoms with van der Waals surface area (Å²) in [5.74, 6) is 1.14. The maximum absolute atomic E-state index is 12.5.